The Kier molecular flexibility index (Phi) is 4.08. The molecule has 2 heterocycles. The topological polar surface area (TPSA) is 53.4 Å². The highest BCUT2D eigenvalue weighted by Gasteiger charge is 2.27. The summed E-state index contributed by atoms with van der Waals surface area (Å²) in [6, 6.07) is 1.84. The van der Waals surface area contributed by atoms with Gasteiger partial charge in [-0.3, -0.25) is 0 Å². The lowest BCUT2D eigenvalue weighted by atomic mass is 10.0. The van der Waals surface area contributed by atoms with E-state index in [1.165, 1.54) is 12.8 Å². The molecular weight excluding hydrogens is 240 g/mol. The van der Waals surface area contributed by atoms with Crippen LogP contribution >= 0.6 is 0 Å². The molecule has 1 atom stereocenters. The fraction of sp³-hybridized carbons (Fsp3) is 0.600. The molecule has 1 aromatic rings. The number of aromatic carboxylic acids is 1. The van der Waals surface area contributed by atoms with Crippen molar-refractivity contribution in [2.45, 2.75) is 40.0 Å². The molecule has 1 aromatic heterocycles. The third-order valence-electron chi connectivity index (χ3n) is 3.82. The minimum absolute atomic E-state index is 0.364. The zero-order valence-corrected chi connectivity index (χ0v) is 11.9. The summed E-state index contributed by atoms with van der Waals surface area (Å²) in [6.07, 6.45) is 3.54. The summed E-state index contributed by atoms with van der Waals surface area (Å²) in [5.41, 5.74) is 2.05. The van der Waals surface area contributed by atoms with Crippen LogP contribution in [0.4, 0.5) is 5.82 Å². The van der Waals surface area contributed by atoms with E-state index in [-0.39, 0.29) is 0 Å². The first-order chi connectivity index (χ1) is 9.02. The van der Waals surface area contributed by atoms with Gasteiger partial charge in [0.25, 0.3) is 0 Å². The van der Waals surface area contributed by atoms with Crippen molar-refractivity contribution in [1.82, 2.24) is 4.98 Å². The number of aryl methyl sites for hydroxylation is 2. The van der Waals surface area contributed by atoms with Crippen LogP contribution in [0, 0.1) is 19.8 Å². The molecule has 104 valence electrons. The number of hydrogen-bond acceptors (Lipinski definition) is 3. The maximum atomic E-state index is 11.5. The SMILES string of the molecule is CCCC1CCN(c2nc(C)cc(C)c2C(=O)O)C1. The predicted molar refractivity (Wildman–Crippen MR) is 75.9 cm³/mol. The minimum atomic E-state index is -0.876. The summed E-state index contributed by atoms with van der Waals surface area (Å²) >= 11 is 0. The van der Waals surface area contributed by atoms with Gasteiger partial charge >= 0.3 is 5.97 Å². The van der Waals surface area contributed by atoms with Gasteiger partial charge in [0.2, 0.25) is 0 Å². The fourth-order valence-corrected chi connectivity index (χ4v) is 2.98. The van der Waals surface area contributed by atoms with Crippen molar-refractivity contribution in [1.29, 1.82) is 0 Å². The number of pyridine rings is 1. The number of carboxylic acid groups (broad SMARTS) is 1. The van der Waals surface area contributed by atoms with Gasteiger partial charge in [0.05, 0.1) is 0 Å². The molecule has 0 aliphatic carbocycles. The predicted octanol–water partition coefficient (Wildman–Crippen LogP) is 3.02. The average molecular weight is 262 g/mol. The Bertz CT molecular complexity index is 485. The Morgan fingerprint density at radius 1 is 1.53 bits per heavy atom. The molecular formula is C15H22N2O2. The first-order valence-corrected chi connectivity index (χ1v) is 6.99. The Balaban J connectivity index is 2.32. The Morgan fingerprint density at radius 2 is 2.26 bits per heavy atom. The van der Waals surface area contributed by atoms with E-state index in [0.717, 1.165) is 30.8 Å². The van der Waals surface area contributed by atoms with Crippen molar-refractivity contribution < 1.29 is 9.90 Å². The quantitative estimate of drug-likeness (QED) is 0.906. The van der Waals surface area contributed by atoms with Crippen LogP contribution in [0.3, 0.4) is 0 Å². The van der Waals surface area contributed by atoms with E-state index >= 15 is 0 Å². The molecule has 0 spiro atoms. The number of anilines is 1. The summed E-state index contributed by atoms with van der Waals surface area (Å²) in [7, 11) is 0. The van der Waals surface area contributed by atoms with Crippen LogP contribution < -0.4 is 4.90 Å². The molecule has 0 bridgehead atoms. The van der Waals surface area contributed by atoms with Gasteiger partial charge in [-0.25, -0.2) is 9.78 Å². The van der Waals surface area contributed by atoms with Gasteiger partial charge in [0.1, 0.15) is 11.4 Å². The summed E-state index contributed by atoms with van der Waals surface area (Å²) in [5, 5.41) is 9.40. The molecule has 0 saturated carbocycles. The van der Waals surface area contributed by atoms with Crippen LogP contribution in [0.2, 0.25) is 0 Å². The second kappa shape index (κ2) is 5.59. The summed E-state index contributed by atoms with van der Waals surface area (Å²) < 4.78 is 0. The van der Waals surface area contributed by atoms with Gasteiger partial charge in [-0.05, 0) is 44.2 Å². The highest BCUT2D eigenvalue weighted by atomic mass is 16.4. The lowest BCUT2D eigenvalue weighted by Crippen LogP contribution is -2.24. The summed E-state index contributed by atoms with van der Waals surface area (Å²) in [4.78, 5) is 18.1. The van der Waals surface area contributed by atoms with Crippen LogP contribution in [0.25, 0.3) is 0 Å². The molecule has 0 aromatic carbocycles. The third kappa shape index (κ3) is 2.88. The van der Waals surface area contributed by atoms with E-state index in [4.69, 9.17) is 0 Å². The number of nitrogens with zero attached hydrogens (tertiary/aromatic N) is 2. The van der Waals surface area contributed by atoms with Crippen molar-refractivity contribution in [2.24, 2.45) is 5.92 Å². The van der Waals surface area contributed by atoms with E-state index in [2.05, 4.69) is 16.8 Å². The number of carbonyl (C=O) groups is 1. The molecule has 0 radical (unpaired) electrons. The van der Waals surface area contributed by atoms with Gasteiger partial charge in [-0.1, -0.05) is 13.3 Å². The van der Waals surface area contributed by atoms with Gasteiger partial charge in [-0.15, -0.1) is 0 Å². The number of carboxylic acids is 1. The van der Waals surface area contributed by atoms with Crippen molar-refractivity contribution in [3.05, 3.63) is 22.9 Å². The van der Waals surface area contributed by atoms with Gasteiger partial charge in [-0.2, -0.15) is 0 Å². The monoisotopic (exact) mass is 262 g/mol. The van der Waals surface area contributed by atoms with E-state index in [0.29, 0.717) is 17.3 Å². The molecule has 4 nitrogen and oxygen atoms in total. The highest BCUT2D eigenvalue weighted by Crippen LogP contribution is 2.29. The fourth-order valence-electron chi connectivity index (χ4n) is 2.98. The van der Waals surface area contributed by atoms with Crippen molar-refractivity contribution >= 4 is 11.8 Å². The smallest absolute Gasteiger partial charge is 0.339 e. The van der Waals surface area contributed by atoms with Crippen molar-refractivity contribution in [2.75, 3.05) is 18.0 Å². The zero-order valence-electron chi connectivity index (χ0n) is 11.9. The first kappa shape index (κ1) is 13.8. The van der Waals surface area contributed by atoms with Crippen LogP contribution in [0.15, 0.2) is 6.07 Å². The van der Waals surface area contributed by atoms with Crippen LogP contribution in [-0.4, -0.2) is 29.1 Å². The molecule has 1 aliphatic rings. The number of aromatic nitrogens is 1. The Morgan fingerprint density at radius 3 is 2.89 bits per heavy atom. The minimum Gasteiger partial charge on any atom is -0.478 e. The molecule has 1 fully saturated rings. The van der Waals surface area contributed by atoms with Gasteiger partial charge in [0.15, 0.2) is 0 Å². The molecule has 19 heavy (non-hydrogen) atoms. The highest BCUT2D eigenvalue weighted by molar-refractivity contribution is 5.95. The molecule has 1 unspecified atom stereocenters. The molecule has 1 aliphatic heterocycles. The van der Waals surface area contributed by atoms with Crippen LogP contribution in [-0.2, 0) is 0 Å². The average Bonchev–Trinajstić information content (AvgIpc) is 2.76. The standard InChI is InChI=1S/C15H22N2O2/c1-4-5-12-6-7-17(9-12)14-13(15(18)19)10(2)8-11(3)16-14/h8,12H,4-7,9H2,1-3H3,(H,18,19). The largest absolute Gasteiger partial charge is 0.478 e. The molecule has 0 amide bonds. The molecule has 1 saturated heterocycles. The van der Waals surface area contributed by atoms with Crippen LogP contribution in [0.5, 0.6) is 0 Å². The maximum absolute atomic E-state index is 11.5. The van der Waals surface area contributed by atoms with E-state index in [1.807, 2.05) is 19.9 Å². The van der Waals surface area contributed by atoms with E-state index in [9.17, 15) is 9.90 Å². The van der Waals surface area contributed by atoms with Crippen LogP contribution in [0.1, 0.15) is 47.8 Å². The molecule has 4 heteroatoms. The van der Waals surface area contributed by atoms with Gasteiger partial charge < -0.3 is 10.0 Å². The summed E-state index contributed by atoms with van der Waals surface area (Å²) in [5.74, 6) is 0.455. The van der Waals surface area contributed by atoms with E-state index in [1.54, 1.807) is 0 Å². The van der Waals surface area contributed by atoms with Crippen molar-refractivity contribution in [3.63, 3.8) is 0 Å². The maximum Gasteiger partial charge on any atom is 0.339 e. The first-order valence-electron chi connectivity index (χ1n) is 6.99. The number of hydrogen-bond donors (Lipinski definition) is 1. The van der Waals surface area contributed by atoms with Crippen molar-refractivity contribution in [3.8, 4) is 0 Å². The Labute approximate surface area is 114 Å². The normalized spacial score (nSPS) is 18.9. The van der Waals surface area contributed by atoms with E-state index < -0.39 is 5.97 Å². The second-order valence-corrected chi connectivity index (χ2v) is 5.47. The zero-order chi connectivity index (χ0) is 14.0. The molecule has 2 rings (SSSR count). The Hall–Kier alpha value is -1.58. The third-order valence-corrected chi connectivity index (χ3v) is 3.82. The van der Waals surface area contributed by atoms with Gasteiger partial charge in [0, 0.05) is 18.8 Å². The number of rotatable bonds is 4. The summed E-state index contributed by atoms with van der Waals surface area (Å²) in [6.45, 7) is 7.81. The second-order valence-electron chi connectivity index (χ2n) is 5.47. The molecule has 1 N–H and O–H groups in total. The lowest BCUT2D eigenvalue weighted by molar-refractivity contribution is 0.0696. The lowest BCUT2D eigenvalue weighted by Gasteiger charge is -2.21.